The molecule has 5 rings (SSSR count). The molecule has 3 aromatic rings. The first kappa shape index (κ1) is 25.3. The summed E-state index contributed by atoms with van der Waals surface area (Å²) in [7, 11) is 0. The first-order chi connectivity index (χ1) is 17.0. The lowest BCUT2D eigenvalue weighted by Gasteiger charge is -2.28. The maximum absolute atomic E-state index is 12.9. The number of aromatic carboxylic acids is 1. The fourth-order valence-electron chi connectivity index (χ4n) is 3.81. The molecule has 2 saturated heterocycles. The van der Waals surface area contributed by atoms with Crippen molar-refractivity contribution in [2.45, 2.75) is 6.92 Å². The molecule has 2 aromatic heterocycles. The Labute approximate surface area is 211 Å². The number of thiophene rings is 2. The predicted molar refractivity (Wildman–Crippen MR) is 136 cm³/mol. The van der Waals surface area contributed by atoms with Crippen LogP contribution in [0.3, 0.4) is 0 Å². The Morgan fingerprint density at radius 1 is 1.03 bits per heavy atom. The summed E-state index contributed by atoms with van der Waals surface area (Å²) in [6, 6.07) is 8.86. The van der Waals surface area contributed by atoms with E-state index in [1.165, 1.54) is 11.3 Å². The molecule has 11 heteroatoms. The molecule has 0 spiro atoms. The summed E-state index contributed by atoms with van der Waals surface area (Å²) in [5, 5.41) is 14.5. The number of carbonyl (C=O) groups excluding carboxylic acids is 2. The minimum absolute atomic E-state index is 0.0178. The summed E-state index contributed by atoms with van der Waals surface area (Å²) >= 11 is 2.23. The van der Waals surface area contributed by atoms with E-state index in [0.717, 1.165) is 37.6 Å². The molecule has 0 amide bonds. The summed E-state index contributed by atoms with van der Waals surface area (Å²) in [5.41, 5.74) is 7.38. The van der Waals surface area contributed by atoms with Crippen LogP contribution in [0.1, 0.15) is 31.8 Å². The van der Waals surface area contributed by atoms with Gasteiger partial charge in [-0.3, -0.25) is 4.79 Å². The second kappa shape index (κ2) is 11.7. The van der Waals surface area contributed by atoms with Crippen LogP contribution in [0.4, 0.5) is 11.4 Å². The highest BCUT2D eigenvalue weighted by molar-refractivity contribution is 7.40. The first-order valence-electron chi connectivity index (χ1n) is 11.4. The number of nitrogen functional groups attached to an aromatic ring is 1. The Hall–Kier alpha value is -2.83. The van der Waals surface area contributed by atoms with Gasteiger partial charge >= 0.3 is 0 Å². The van der Waals surface area contributed by atoms with Gasteiger partial charge in [0.15, 0.2) is 0 Å². The van der Waals surface area contributed by atoms with Gasteiger partial charge in [-0.2, -0.15) is 0 Å². The zero-order chi connectivity index (χ0) is 24.8. The van der Waals surface area contributed by atoms with Crippen molar-refractivity contribution in [3.05, 3.63) is 45.6 Å². The molecule has 0 atom stereocenters. The number of amidine groups is 1. The summed E-state index contributed by atoms with van der Waals surface area (Å²) in [4.78, 5) is 31.6. The predicted octanol–water partition coefficient (Wildman–Crippen LogP) is 1.10. The Bertz CT molecular complexity index is 1200. The largest absolute Gasteiger partial charge is 0.544 e. The van der Waals surface area contributed by atoms with Crippen molar-refractivity contribution in [2.75, 3.05) is 58.3 Å². The third-order valence-corrected chi connectivity index (χ3v) is 8.11. The number of morpholine rings is 2. The van der Waals surface area contributed by atoms with Crippen LogP contribution < -0.4 is 16.2 Å². The molecule has 2 aliphatic heterocycles. The second-order valence-electron chi connectivity index (χ2n) is 8.01. The van der Waals surface area contributed by atoms with Crippen LogP contribution >= 0.6 is 22.7 Å². The molecule has 0 saturated carbocycles. The van der Waals surface area contributed by atoms with Crippen LogP contribution in [-0.2, 0) is 9.47 Å². The summed E-state index contributed by atoms with van der Waals surface area (Å²) < 4.78 is 11.0. The van der Waals surface area contributed by atoms with Gasteiger partial charge in [0.05, 0.1) is 71.1 Å². The number of carbonyl (C=O) groups is 2. The normalized spacial score (nSPS) is 16.6. The van der Waals surface area contributed by atoms with E-state index < -0.39 is 5.97 Å². The number of rotatable bonds is 4. The zero-order valence-electron chi connectivity index (χ0n) is 19.5. The molecule has 0 radical (unpaired) electrons. The number of anilines is 1. The molecular weight excluding hydrogens is 488 g/mol. The number of nitrogens with two attached hydrogens (primary N) is 2. The Kier molecular flexibility index (Phi) is 8.47. The fraction of sp³-hybridized carbons (Fsp3) is 0.375. The highest BCUT2D eigenvalue weighted by Gasteiger charge is 2.25. The third kappa shape index (κ3) is 5.88. The summed E-state index contributed by atoms with van der Waals surface area (Å²) in [6.45, 7) is 8.57. The number of quaternary nitrogens is 1. The quantitative estimate of drug-likeness (QED) is 0.301. The fourth-order valence-corrected chi connectivity index (χ4v) is 6.21. The lowest BCUT2D eigenvalue weighted by molar-refractivity contribution is -0.670. The number of ether oxygens (including phenoxy) is 2. The van der Waals surface area contributed by atoms with E-state index >= 15 is 0 Å². The lowest BCUT2D eigenvalue weighted by Crippen LogP contribution is -2.87. The Morgan fingerprint density at radius 3 is 2.23 bits per heavy atom. The molecule has 0 unspecified atom stereocenters. The van der Waals surface area contributed by atoms with Crippen molar-refractivity contribution in [2.24, 2.45) is 4.99 Å². The van der Waals surface area contributed by atoms with Crippen molar-refractivity contribution in [3.63, 3.8) is 0 Å². The number of ketones is 1. The van der Waals surface area contributed by atoms with Crippen LogP contribution in [0, 0.1) is 0 Å². The monoisotopic (exact) mass is 516 g/mol. The molecule has 9 nitrogen and oxygen atoms in total. The molecule has 35 heavy (non-hydrogen) atoms. The van der Waals surface area contributed by atoms with Gasteiger partial charge in [-0.15, -0.1) is 22.7 Å². The first-order valence-corrected chi connectivity index (χ1v) is 13.0. The standard InChI is InChI=1S/C20H19N3O4S2.C4H9NO/c1-11(23-7-9-27-10-8-23)22-15-13-14(21)17(16(24)12-5-3-2-4-6-12)28-20(13)29-18(15)19(25)26;1-3-6-4-2-5-1/h2-6H,7-10,21H2,1H3,(H,25,26);5H,1-4H2. The number of hydrogen-bond acceptors (Lipinski definition) is 9. The molecule has 2 aliphatic rings. The summed E-state index contributed by atoms with van der Waals surface area (Å²) in [6.07, 6.45) is 0. The van der Waals surface area contributed by atoms with Gasteiger partial charge in [-0.25, -0.2) is 4.99 Å². The molecule has 1 aromatic carbocycles. The van der Waals surface area contributed by atoms with Crippen molar-refractivity contribution in [1.29, 1.82) is 0 Å². The maximum Gasteiger partial charge on any atom is 0.205 e. The average molecular weight is 517 g/mol. The van der Waals surface area contributed by atoms with Gasteiger partial charge in [0, 0.05) is 18.7 Å². The number of benzene rings is 1. The molecular formula is C24H28N4O5S2. The van der Waals surface area contributed by atoms with Crippen LogP contribution in [0.15, 0.2) is 35.3 Å². The minimum Gasteiger partial charge on any atom is -0.544 e. The van der Waals surface area contributed by atoms with Crippen molar-refractivity contribution < 1.29 is 29.5 Å². The lowest BCUT2D eigenvalue weighted by atomic mass is 10.1. The zero-order valence-corrected chi connectivity index (χ0v) is 21.1. The van der Waals surface area contributed by atoms with Crippen LogP contribution in [0.2, 0.25) is 0 Å². The van der Waals surface area contributed by atoms with Gasteiger partial charge in [-0.05, 0) is 6.92 Å². The van der Waals surface area contributed by atoms with E-state index in [0.29, 0.717) is 52.0 Å². The van der Waals surface area contributed by atoms with E-state index in [4.69, 9.17) is 15.2 Å². The number of fused-ring (bicyclic) bond motifs is 1. The average Bonchev–Trinajstić information content (AvgIpc) is 3.43. The van der Waals surface area contributed by atoms with E-state index in [-0.39, 0.29) is 22.0 Å². The topological polar surface area (TPSA) is 134 Å². The Morgan fingerprint density at radius 2 is 1.66 bits per heavy atom. The van der Waals surface area contributed by atoms with Gasteiger partial charge in [-0.1, -0.05) is 30.3 Å². The van der Waals surface area contributed by atoms with Crippen LogP contribution in [0.5, 0.6) is 0 Å². The van der Waals surface area contributed by atoms with Crippen molar-refractivity contribution in [1.82, 2.24) is 4.90 Å². The van der Waals surface area contributed by atoms with Gasteiger partial charge in [0.25, 0.3) is 0 Å². The van der Waals surface area contributed by atoms with E-state index in [1.54, 1.807) is 24.3 Å². The minimum atomic E-state index is -1.30. The van der Waals surface area contributed by atoms with Gasteiger partial charge in [0.2, 0.25) is 5.78 Å². The third-order valence-electron chi connectivity index (χ3n) is 5.66. The summed E-state index contributed by atoms with van der Waals surface area (Å²) in [5.74, 6) is -0.814. The number of nitrogens with zero attached hydrogens (tertiary/aromatic N) is 2. The molecule has 4 heterocycles. The number of carboxylic acids is 1. The molecule has 2 fully saturated rings. The van der Waals surface area contributed by atoms with Crippen molar-refractivity contribution in [3.8, 4) is 0 Å². The van der Waals surface area contributed by atoms with Gasteiger partial charge < -0.3 is 35.3 Å². The molecule has 186 valence electrons. The molecule has 0 aliphatic carbocycles. The highest BCUT2D eigenvalue weighted by Crippen LogP contribution is 2.47. The van der Waals surface area contributed by atoms with Gasteiger partial charge in [0.1, 0.15) is 10.7 Å². The Balaban J connectivity index is 0.000000421. The smallest absolute Gasteiger partial charge is 0.205 e. The van der Waals surface area contributed by atoms with Crippen molar-refractivity contribution >= 4 is 61.0 Å². The highest BCUT2D eigenvalue weighted by atomic mass is 32.2. The number of hydrogen-bond donors (Lipinski definition) is 2. The maximum atomic E-state index is 12.9. The van der Waals surface area contributed by atoms with Crippen LogP contribution in [0.25, 0.3) is 9.40 Å². The molecule has 0 bridgehead atoms. The van der Waals surface area contributed by atoms with E-state index in [9.17, 15) is 14.7 Å². The SMILES string of the molecule is C1COCC[NH2+]1.CC(=Nc1c(C(=O)[O-])sc2sc(C(=O)c3ccccc3)c(N)c12)N1CCOCC1. The van der Waals surface area contributed by atoms with E-state index in [1.807, 2.05) is 17.9 Å². The van der Waals surface area contributed by atoms with E-state index in [2.05, 4.69) is 10.3 Å². The number of carboxylic acid groups (broad SMARTS) is 1. The van der Waals surface area contributed by atoms with Crippen LogP contribution in [-0.4, -0.2) is 75.1 Å². The second-order valence-corrected chi connectivity index (χ2v) is 10.3. The number of aliphatic imine (C=N–C) groups is 1. The molecule has 4 N–H and O–H groups in total.